The number of nitrogens with zero attached hydrogens (tertiary/aromatic N) is 2. The third-order valence-electron chi connectivity index (χ3n) is 2.24. The van der Waals surface area contributed by atoms with Crippen LogP contribution in [0.15, 0.2) is 33.9 Å². The Morgan fingerprint density at radius 3 is 3.00 bits per heavy atom. The van der Waals surface area contributed by atoms with Crippen molar-refractivity contribution in [1.29, 1.82) is 0 Å². The number of aliphatic imine (C=N–C) groups is 1. The first-order valence-electron chi connectivity index (χ1n) is 4.35. The van der Waals surface area contributed by atoms with Gasteiger partial charge in [-0.05, 0) is 30.7 Å². The number of benzene rings is 1. The van der Waals surface area contributed by atoms with Gasteiger partial charge in [0.05, 0.1) is 17.4 Å². The number of fused-ring (bicyclic) bond motifs is 1. The average Bonchev–Trinajstić information content (AvgIpc) is 2.23. The highest BCUT2D eigenvalue weighted by molar-refractivity contribution is 9.10. The summed E-state index contributed by atoms with van der Waals surface area (Å²) in [5.41, 5.74) is 2.39. The number of carbonyl (C=O) groups excluding carboxylic acids is 1. The molecule has 0 N–H and O–H groups in total. The molecule has 2 aromatic rings. The summed E-state index contributed by atoms with van der Waals surface area (Å²) in [6.45, 7) is 1.91. The molecule has 0 fully saturated rings. The van der Waals surface area contributed by atoms with Crippen molar-refractivity contribution in [3.63, 3.8) is 0 Å². The lowest BCUT2D eigenvalue weighted by Gasteiger charge is -2.03. The maximum absolute atomic E-state index is 10.2. The van der Waals surface area contributed by atoms with Crippen molar-refractivity contribution in [1.82, 2.24) is 4.98 Å². The smallest absolute Gasteiger partial charge is 0.240 e. The van der Waals surface area contributed by atoms with Gasteiger partial charge in [-0.1, -0.05) is 15.9 Å². The highest BCUT2D eigenvalue weighted by atomic mass is 79.9. The zero-order valence-corrected chi connectivity index (χ0v) is 9.58. The van der Waals surface area contributed by atoms with Crippen LogP contribution in [0.4, 0.5) is 5.69 Å². The number of pyridine rings is 1. The average molecular weight is 263 g/mol. The molecule has 0 amide bonds. The summed E-state index contributed by atoms with van der Waals surface area (Å²) >= 11 is 3.39. The molecule has 0 saturated heterocycles. The zero-order valence-electron chi connectivity index (χ0n) is 7.99. The molecule has 0 spiro atoms. The van der Waals surface area contributed by atoms with Crippen LogP contribution in [0.3, 0.4) is 0 Å². The maximum atomic E-state index is 10.2. The minimum absolute atomic E-state index is 0.565. The van der Waals surface area contributed by atoms with Crippen LogP contribution in [0.2, 0.25) is 0 Å². The molecule has 15 heavy (non-hydrogen) atoms. The molecule has 0 unspecified atom stereocenters. The minimum atomic E-state index is 0.565. The molecule has 1 heterocycles. The first kappa shape index (κ1) is 10.0. The molecule has 0 aliphatic rings. The number of aromatic nitrogens is 1. The summed E-state index contributed by atoms with van der Waals surface area (Å²) in [6.07, 6.45) is 3.11. The Hall–Kier alpha value is -1.51. The molecule has 0 aliphatic carbocycles. The van der Waals surface area contributed by atoms with E-state index in [1.807, 2.05) is 25.1 Å². The Balaban J connectivity index is 2.82. The van der Waals surface area contributed by atoms with Crippen molar-refractivity contribution in [2.45, 2.75) is 6.92 Å². The van der Waals surface area contributed by atoms with Gasteiger partial charge in [0.2, 0.25) is 6.08 Å². The predicted molar refractivity (Wildman–Crippen MR) is 62.0 cm³/mol. The second kappa shape index (κ2) is 3.93. The quantitative estimate of drug-likeness (QED) is 0.585. The second-order valence-corrected chi connectivity index (χ2v) is 4.05. The van der Waals surface area contributed by atoms with Crippen LogP contribution in [-0.4, -0.2) is 11.1 Å². The van der Waals surface area contributed by atoms with Crippen LogP contribution in [0.5, 0.6) is 0 Å². The standard InChI is InChI=1S/C11H7BrN2O/c1-7-9-4-8(12)2-3-10(9)13-5-11(7)14-6-15/h2-5H,1H3. The van der Waals surface area contributed by atoms with Crippen molar-refractivity contribution >= 4 is 38.6 Å². The van der Waals surface area contributed by atoms with E-state index in [1.165, 1.54) is 6.08 Å². The molecule has 0 radical (unpaired) electrons. The topological polar surface area (TPSA) is 42.3 Å². The van der Waals surface area contributed by atoms with Crippen LogP contribution in [0.25, 0.3) is 10.9 Å². The summed E-state index contributed by atoms with van der Waals surface area (Å²) in [5.74, 6) is 0. The Labute approximate surface area is 95.0 Å². The van der Waals surface area contributed by atoms with E-state index >= 15 is 0 Å². The fraction of sp³-hybridized carbons (Fsp3) is 0.0909. The molecular weight excluding hydrogens is 256 g/mol. The van der Waals surface area contributed by atoms with Gasteiger partial charge in [0, 0.05) is 9.86 Å². The SMILES string of the molecule is Cc1c(N=C=O)cnc2ccc(Br)cc12. The largest absolute Gasteiger partial charge is 0.254 e. The van der Waals surface area contributed by atoms with Gasteiger partial charge in [-0.2, -0.15) is 4.99 Å². The lowest BCUT2D eigenvalue weighted by molar-refractivity contribution is 0.565. The molecule has 1 aromatic heterocycles. The van der Waals surface area contributed by atoms with Gasteiger partial charge in [-0.25, -0.2) is 4.79 Å². The third-order valence-corrected chi connectivity index (χ3v) is 2.73. The highest BCUT2D eigenvalue weighted by Gasteiger charge is 2.04. The van der Waals surface area contributed by atoms with Crippen molar-refractivity contribution in [3.8, 4) is 0 Å². The first-order chi connectivity index (χ1) is 7.22. The number of aryl methyl sites for hydroxylation is 1. The Morgan fingerprint density at radius 2 is 2.27 bits per heavy atom. The van der Waals surface area contributed by atoms with E-state index < -0.39 is 0 Å². The second-order valence-electron chi connectivity index (χ2n) is 3.13. The molecular formula is C11H7BrN2O. The highest BCUT2D eigenvalue weighted by Crippen LogP contribution is 2.27. The molecule has 0 atom stereocenters. The molecule has 0 bridgehead atoms. The van der Waals surface area contributed by atoms with Gasteiger partial charge in [0.15, 0.2) is 0 Å². The monoisotopic (exact) mass is 262 g/mol. The van der Waals surface area contributed by atoms with Gasteiger partial charge in [-0.3, -0.25) is 4.98 Å². The van der Waals surface area contributed by atoms with Gasteiger partial charge in [0.1, 0.15) is 0 Å². The van der Waals surface area contributed by atoms with Gasteiger partial charge in [-0.15, -0.1) is 0 Å². The number of hydrogen-bond donors (Lipinski definition) is 0. The molecule has 2 rings (SSSR count). The van der Waals surface area contributed by atoms with Gasteiger partial charge in [0.25, 0.3) is 0 Å². The Bertz CT molecular complexity index is 574. The summed E-state index contributed by atoms with van der Waals surface area (Å²) < 4.78 is 0.979. The number of halogens is 1. The van der Waals surface area contributed by atoms with E-state index in [2.05, 4.69) is 25.9 Å². The van der Waals surface area contributed by atoms with Crippen LogP contribution >= 0.6 is 15.9 Å². The molecule has 0 saturated carbocycles. The van der Waals surface area contributed by atoms with Crippen LogP contribution in [-0.2, 0) is 4.79 Å². The van der Waals surface area contributed by atoms with Crippen molar-refractivity contribution in [2.24, 2.45) is 4.99 Å². The lowest BCUT2D eigenvalue weighted by Crippen LogP contribution is -1.84. The van der Waals surface area contributed by atoms with Crippen LogP contribution < -0.4 is 0 Å². The summed E-state index contributed by atoms with van der Waals surface area (Å²) in [4.78, 5) is 18.0. The van der Waals surface area contributed by atoms with E-state index in [-0.39, 0.29) is 0 Å². The van der Waals surface area contributed by atoms with Crippen molar-refractivity contribution in [2.75, 3.05) is 0 Å². The number of hydrogen-bond acceptors (Lipinski definition) is 3. The van der Waals surface area contributed by atoms with E-state index in [9.17, 15) is 4.79 Å². The third kappa shape index (κ3) is 1.82. The van der Waals surface area contributed by atoms with E-state index in [4.69, 9.17) is 0 Å². The molecule has 4 heteroatoms. The Kier molecular flexibility index (Phi) is 2.62. The van der Waals surface area contributed by atoms with Crippen LogP contribution in [0.1, 0.15) is 5.56 Å². The maximum Gasteiger partial charge on any atom is 0.240 e. The van der Waals surface area contributed by atoms with E-state index in [0.717, 1.165) is 20.9 Å². The van der Waals surface area contributed by atoms with Gasteiger partial charge < -0.3 is 0 Å². The Morgan fingerprint density at radius 1 is 1.47 bits per heavy atom. The van der Waals surface area contributed by atoms with E-state index in [0.29, 0.717) is 5.69 Å². The molecule has 1 aromatic carbocycles. The summed E-state index contributed by atoms with van der Waals surface area (Å²) in [6, 6.07) is 5.81. The summed E-state index contributed by atoms with van der Waals surface area (Å²) in [5, 5.41) is 0.987. The van der Waals surface area contributed by atoms with Crippen LogP contribution in [0, 0.1) is 6.92 Å². The first-order valence-corrected chi connectivity index (χ1v) is 5.14. The van der Waals surface area contributed by atoms with E-state index in [1.54, 1.807) is 6.20 Å². The van der Waals surface area contributed by atoms with Crippen molar-refractivity contribution < 1.29 is 4.79 Å². The van der Waals surface area contributed by atoms with Crippen molar-refractivity contribution in [3.05, 3.63) is 34.4 Å². The number of rotatable bonds is 1. The molecule has 74 valence electrons. The predicted octanol–water partition coefficient (Wildman–Crippen LogP) is 3.27. The van der Waals surface area contributed by atoms with Gasteiger partial charge >= 0.3 is 0 Å². The molecule has 3 nitrogen and oxygen atoms in total. The summed E-state index contributed by atoms with van der Waals surface area (Å²) in [7, 11) is 0. The fourth-order valence-electron chi connectivity index (χ4n) is 1.45. The minimum Gasteiger partial charge on any atom is -0.254 e. The lowest BCUT2D eigenvalue weighted by atomic mass is 10.1. The molecule has 0 aliphatic heterocycles. The normalized spacial score (nSPS) is 10.0. The number of isocyanates is 1. The fourth-order valence-corrected chi connectivity index (χ4v) is 1.81. The zero-order chi connectivity index (χ0) is 10.8.